The van der Waals surface area contributed by atoms with Gasteiger partial charge in [-0.25, -0.2) is 4.39 Å². The average molecular weight is 506 g/mol. The Morgan fingerprint density at radius 3 is 2.62 bits per heavy atom. The molecule has 2 aliphatic carbocycles. The van der Waals surface area contributed by atoms with Crippen molar-refractivity contribution < 1.29 is 19.1 Å². The Morgan fingerprint density at radius 2 is 1.97 bits per heavy atom. The zero-order valence-electron chi connectivity index (χ0n) is 20.7. The standard InChI is InChI=1S/C28H32FN5O3/c29-23-13-19(18-8-9-18)10-11-24(23)34(28(37)25-14-22(35)16-33(25)17-30)26(20-5-4-12-31-15-20)27(36)32-21-6-2-1-3-7-21/h4-5,10-13,15,18,21-22,25-26,35H,1-3,6-9,14,16H2,(H,32,36)/t22-,25-,26?/m1/s1. The first-order valence-corrected chi connectivity index (χ1v) is 13.1. The van der Waals surface area contributed by atoms with E-state index in [1.54, 1.807) is 30.5 Å². The van der Waals surface area contributed by atoms with Crippen LogP contribution in [0, 0.1) is 17.3 Å². The van der Waals surface area contributed by atoms with Crippen LogP contribution in [0.25, 0.3) is 0 Å². The van der Waals surface area contributed by atoms with Crippen LogP contribution in [0.2, 0.25) is 0 Å². The number of nitrogens with one attached hydrogen (secondary N) is 1. The third kappa shape index (κ3) is 5.44. The minimum absolute atomic E-state index is 0.00960. The Morgan fingerprint density at radius 1 is 1.19 bits per heavy atom. The fourth-order valence-electron chi connectivity index (χ4n) is 5.58. The van der Waals surface area contributed by atoms with Gasteiger partial charge >= 0.3 is 0 Å². The van der Waals surface area contributed by atoms with Gasteiger partial charge in [0, 0.05) is 30.4 Å². The number of aromatic nitrogens is 1. The fourth-order valence-corrected chi connectivity index (χ4v) is 5.58. The molecule has 9 heteroatoms. The summed E-state index contributed by atoms with van der Waals surface area (Å²) in [5, 5.41) is 22.9. The summed E-state index contributed by atoms with van der Waals surface area (Å²) in [5.74, 6) is -1.31. The second-order valence-electron chi connectivity index (χ2n) is 10.4. The Kier molecular flexibility index (Phi) is 7.38. The number of carbonyl (C=O) groups is 2. The summed E-state index contributed by atoms with van der Waals surface area (Å²) in [7, 11) is 0. The highest BCUT2D eigenvalue weighted by Gasteiger charge is 2.44. The SMILES string of the molecule is N#CN1C[C@H](O)C[C@@H]1C(=O)N(c1ccc(C2CC2)cc1F)C(C(=O)NC1CCCCC1)c1cccnc1. The molecule has 2 saturated carbocycles. The molecule has 0 bridgehead atoms. The molecular formula is C28H32FN5O3. The second-order valence-corrected chi connectivity index (χ2v) is 10.4. The number of likely N-dealkylation sites (tertiary alicyclic amines) is 1. The number of hydrogen-bond acceptors (Lipinski definition) is 6. The van der Waals surface area contributed by atoms with Gasteiger partial charge in [0.15, 0.2) is 6.19 Å². The van der Waals surface area contributed by atoms with Crippen LogP contribution in [0.4, 0.5) is 10.1 Å². The van der Waals surface area contributed by atoms with Crippen LogP contribution in [0.3, 0.4) is 0 Å². The van der Waals surface area contributed by atoms with E-state index in [0.717, 1.165) is 50.5 Å². The highest BCUT2D eigenvalue weighted by molar-refractivity contribution is 6.04. The summed E-state index contributed by atoms with van der Waals surface area (Å²) in [6.45, 7) is 0.00960. The maximum atomic E-state index is 15.7. The summed E-state index contributed by atoms with van der Waals surface area (Å²) in [5.41, 5.74) is 1.28. The predicted molar refractivity (Wildman–Crippen MR) is 135 cm³/mol. The first-order valence-electron chi connectivity index (χ1n) is 13.1. The first-order chi connectivity index (χ1) is 18.0. The van der Waals surface area contributed by atoms with Gasteiger partial charge in [0.05, 0.1) is 18.3 Å². The summed E-state index contributed by atoms with van der Waals surface area (Å²) >= 11 is 0. The molecule has 8 nitrogen and oxygen atoms in total. The zero-order valence-corrected chi connectivity index (χ0v) is 20.7. The van der Waals surface area contributed by atoms with Crippen LogP contribution in [-0.2, 0) is 9.59 Å². The number of benzene rings is 1. The number of anilines is 1. The number of nitrogens with zero attached hydrogens (tertiary/aromatic N) is 4. The normalized spacial score (nSPS) is 22.8. The van der Waals surface area contributed by atoms with E-state index < -0.39 is 35.8 Å². The van der Waals surface area contributed by atoms with Crippen molar-refractivity contribution in [2.75, 3.05) is 11.4 Å². The van der Waals surface area contributed by atoms with Gasteiger partial charge in [0.2, 0.25) is 5.91 Å². The number of aliphatic hydroxyl groups excluding tert-OH is 1. The third-order valence-electron chi connectivity index (χ3n) is 7.67. The van der Waals surface area contributed by atoms with E-state index in [1.165, 1.54) is 22.1 Å². The van der Waals surface area contributed by atoms with E-state index in [2.05, 4.69) is 10.3 Å². The van der Waals surface area contributed by atoms with Gasteiger partial charge in [-0.05, 0) is 55.4 Å². The van der Waals surface area contributed by atoms with Crippen molar-refractivity contribution in [2.24, 2.45) is 0 Å². The third-order valence-corrected chi connectivity index (χ3v) is 7.67. The lowest BCUT2D eigenvalue weighted by atomic mass is 9.94. The van der Waals surface area contributed by atoms with Crippen LogP contribution >= 0.6 is 0 Å². The number of rotatable bonds is 7. The molecule has 1 unspecified atom stereocenters. The number of nitriles is 1. The van der Waals surface area contributed by atoms with Crippen LogP contribution in [0.5, 0.6) is 0 Å². The Hall–Kier alpha value is -3.51. The fraction of sp³-hybridized carbons (Fsp3) is 0.500. The number of hydrogen-bond donors (Lipinski definition) is 2. The molecule has 0 spiro atoms. The molecular weight excluding hydrogens is 473 g/mol. The van der Waals surface area contributed by atoms with Gasteiger partial charge < -0.3 is 10.4 Å². The maximum Gasteiger partial charge on any atom is 0.251 e. The zero-order chi connectivity index (χ0) is 25.9. The molecule has 2 heterocycles. The molecule has 2 aromatic rings. The molecule has 2 N–H and O–H groups in total. The monoisotopic (exact) mass is 505 g/mol. The molecule has 37 heavy (non-hydrogen) atoms. The topological polar surface area (TPSA) is 110 Å². The van der Waals surface area contributed by atoms with Crippen molar-refractivity contribution in [2.45, 2.75) is 81.5 Å². The van der Waals surface area contributed by atoms with E-state index >= 15 is 4.39 Å². The molecule has 1 aromatic heterocycles. The number of halogens is 1. The quantitative estimate of drug-likeness (QED) is 0.557. The summed E-state index contributed by atoms with van der Waals surface area (Å²) in [4.78, 5) is 34.5. The lowest BCUT2D eigenvalue weighted by Crippen LogP contribution is -2.52. The summed E-state index contributed by atoms with van der Waals surface area (Å²) in [6, 6.07) is 5.95. The van der Waals surface area contributed by atoms with Crippen molar-refractivity contribution in [1.29, 1.82) is 5.26 Å². The molecule has 3 atom stereocenters. The second kappa shape index (κ2) is 10.9. The molecule has 3 aliphatic rings. The summed E-state index contributed by atoms with van der Waals surface area (Å²) in [6.07, 6.45) is 11.0. The predicted octanol–water partition coefficient (Wildman–Crippen LogP) is 3.54. The smallest absolute Gasteiger partial charge is 0.251 e. The highest BCUT2D eigenvalue weighted by Crippen LogP contribution is 2.42. The van der Waals surface area contributed by atoms with E-state index in [-0.39, 0.29) is 24.7 Å². The average Bonchev–Trinajstić information content (AvgIpc) is 3.69. The van der Waals surface area contributed by atoms with Crippen molar-refractivity contribution in [3.05, 3.63) is 59.7 Å². The molecule has 5 rings (SSSR count). The number of pyridine rings is 1. The van der Waals surface area contributed by atoms with Crippen LogP contribution in [0.1, 0.15) is 74.5 Å². The van der Waals surface area contributed by atoms with E-state index in [4.69, 9.17) is 0 Å². The van der Waals surface area contributed by atoms with Gasteiger partial charge in [-0.15, -0.1) is 0 Å². The van der Waals surface area contributed by atoms with Gasteiger partial charge in [-0.2, -0.15) is 5.26 Å². The lowest BCUT2D eigenvalue weighted by Gasteiger charge is -2.35. The maximum absolute atomic E-state index is 15.7. The van der Waals surface area contributed by atoms with Crippen molar-refractivity contribution >= 4 is 17.5 Å². The summed E-state index contributed by atoms with van der Waals surface area (Å²) < 4.78 is 15.7. The largest absolute Gasteiger partial charge is 0.391 e. The molecule has 3 fully saturated rings. The van der Waals surface area contributed by atoms with Gasteiger partial charge in [0.1, 0.15) is 17.9 Å². The molecule has 0 radical (unpaired) electrons. The van der Waals surface area contributed by atoms with Crippen molar-refractivity contribution in [3.8, 4) is 6.19 Å². The lowest BCUT2D eigenvalue weighted by molar-refractivity contribution is -0.128. The van der Waals surface area contributed by atoms with Gasteiger partial charge in [-0.3, -0.25) is 24.4 Å². The molecule has 1 aliphatic heterocycles. The Labute approximate surface area is 216 Å². The number of amides is 2. The molecule has 1 saturated heterocycles. The Bertz CT molecular complexity index is 1180. The molecule has 2 amide bonds. The number of β-amino-alcohol motifs (C(OH)–C–C–N with tert-alkyl or cyclic N) is 1. The van der Waals surface area contributed by atoms with E-state index in [1.807, 2.05) is 6.19 Å². The van der Waals surface area contributed by atoms with Gasteiger partial charge in [0.25, 0.3) is 5.91 Å². The van der Waals surface area contributed by atoms with Crippen LogP contribution in [0.15, 0.2) is 42.7 Å². The van der Waals surface area contributed by atoms with Crippen molar-refractivity contribution in [3.63, 3.8) is 0 Å². The molecule has 1 aromatic carbocycles. The van der Waals surface area contributed by atoms with E-state index in [0.29, 0.717) is 11.5 Å². The minimum Gasteiger partial charge on any atom is -0.391 e. The van der Waals surface area contributed by atoms with Crippen LogP contribution < -0.4 is 10.2 Å². The van der Waals surface area contributed by atoms with Crippen LogP contribution in [-0.4, -0.2) is 51.5 Å². The van der Waals surface area contributed by atoms with Crippen molar-refractivity contribution in [1.82, 2.24) is 15.2 Å². The number of aliphatic hydroxyl groups is 1. The minimum atomic E-state index is -1.19. The van der Waals surface area contributed by atoms with Gasteiger partial charge in [-0.1, -0.05) is 31.4 Å². The van der Waals surface area contributed by atoms with E-state index in [9.17, 15) is 20.0 Å². The Balaban J connectivity index is 1.58. The number of carbonyl (C=O) groups excluding carboxylic acids is 2. The highest BCUT2D eigenvalue weighted by atomic mass is 19.1. The molecule has 194 valence electrons. The first kappa shape index (κ1) is 25.2.